The van der Waals surface area contributed by atoms with Crippen LogP contribution in [0.5, 0.6) is 0 Å². The summed E-state index contributed by atoms with van der Waals surface area (Å²) in [6, 6.07) is 1.30. The van der Waals surface area contributed by atoms with Gasteiger partial charge >= 0.3 is 35.5 Å². The van der Waals surface area contributed by atoms with E-state index in [2.05, 4.69) is 4.74 Å². The summed E-state index contributed by atoms with van der Waals surface area (Å²) >= 11 is 0. The fourth-order valence-electron chi connectivity index (χ4n) is 0.779. The van der Waals surface area contributed by atoms with Crippen molar-refractivity contribution in [1.82, 2.24) is 0 Å². The van der Waals surface area contributed by atoms with Crippen molar-refractivity contribution in [2.75, 3.05) is 6.61 Å². The summed E-state index contributed by atoms with van der Waals surface area (Å²) in [5, 5.41) is 17.0. The maximum absolute atomic E-state index is 11.6. The number of rotatable bonds is 4. The van der Waals surface area contributed by atoms with Crippen molar-refractivity contribution in [3.05, 3.63) is 10.7 Å². The Morgan fingerprint density at radius 2 is 2.00 bits per heavy atom. The number of ether oxygens (including phenoxy) is 1. The van der Waals surface area contributed by atoms with Gasteiger partial charge in [-0.05, 0) is 20.8 Å². The minimum Gasteiger partial charge on any atom is -1.00 e. The second-order valence-electron chi connectivity index (χ2n) is 3.10. The van der Waals surface area contributed by atoms with Crippen LogP contribution in [-0.2, 0) is 19.4 Å². The van der Waals surface area contributed by atoms with E-state index in [1.54, 1.807) is 0 Å². The van der Waals surface area contributed by atoms with Gasteiger partial charge in [0.1, 0.15) is 6.07 Å². The van der Waals surface area contributed by atoms with Crippen molar-refractivity contribution in [1.29, 1.82) is 5.26 Å². The number of aliphatic hydroxyl groups is 1. The Morgan fingerprint density at radius 3 is 2.29 bits per heavy atom. The van der Waals surface area contributed by atoms with E-state index in [1.807, 2.05) is 0 Å². The van der Waals surface area contributed by atoms with Crippen LogP contribution in [0.1, 0.15) is 22.2 Å². The predicted octanol–water partition coefficient (Wildman–Crippen LogP) is -2.22. The van der Waals surface area contributed by atoms with Crippen LogP contribution in [-0.4, -0.2) is 31.4 Å². The van der Waals surface area contributed by atoms with E-state index in [9.17, 15) is 18.3 Å². The Morgan fingerprint density at radius 1 is 1.53 bits per heavy atom. The zero-order valence-electron chi connectivity index (χ0n) is 11.2. The molecule has 8 heteroatoms. The number of esters is 1. The topological polar surface area (TPSA) is 104 Å². The minimum atomic E-state index is -3.98. The number of aliphatic hydroxyl groups excluding tert-OH is 1. The van der Waals surface area contributed by atoms with E-state index in [1.165, 1.54) is 26.8 Å². The summed E-state index contributed by atoms with van der Waals surface area (Å²) in [6.45, 7) is 4.15. The molecule has 0 fully saturated rings. The van der Waals surface area contributed by atoms with E-state index >= 15 is 0 Å². The summed E-state index contributed by atoms with van der Waals surface area (Å²) in [6.07, 6.45) is 0. The van der Waals surface area contributed by atoms with Crippen molar-refractivity contribution >= 4 is 15.8 Å². The van der Waals surface area contributed by atoms with Crippen LogP contribution >= 0.6 is 0 Å². The molecule has 0 unspecified atom stereocenters. The third kappa shape index (κ3) is 4.68. The standard InChI is InChI=1S/C9H13NO5S.Na.H/c1-4-15-9(12)8(11)7(5-10)16(13,14)6(2)3;;/h6,11H,4H2,1-3H3;;/q;+1;-1. The van der Waals surface area contributed by atoms with Gasteiger partial charge in [-0.15, -0.1) is 0 Å². The van der Waals surface area contributed by atoms with Gasteiger partial charge in [0.2, 0.25) is 5.76 Å². The Bertz CT molecular complexity index is 452. The van der Waals surface area contributed by atoms with Gasteiger partial charge in [0.25, 0.3) is 0 Å². The molecule has 0 aromatic rings. The third-order valence-electron chi connectivity index (χ3n) is 1.69. The monoisotopic (exact) mass is 271 g/mol. The smallest absolute Gasteiger partial charge is 1.00 e. The Balaban J connectivity index is -0.00000112. The zero-order chi connectivity index (χ0) is 12.9. The molecule has 1 N–H and O–H groups in total. The number of nitrogens with zero attached hydrogens (tertiary/aromatic N) is 1. The van der Waals surface area contributed by atoms with Crippen LogP contribution in [0.2, 0.25) is 0 Å². The van der Waals surface area contributed by atoms with Gasteiger partial charge in [-0.2, -0.15) is 5.26 Å². The molecule has 0 saturated carbocycles. The van der Waals surface area contributed by atoms with Crippen molar-refractivity contribution in [3.63, 3.8) is 0 Å². The van der Waals surface area contributed by atoms with E-state index in [-0.39, 0.29) is 37.6 Å². The van der Waals surface area contributed by atoms with Gasteiger partial charge in [-0.3, -0.25) is 0 Å². The number of allylic oxidation sites excluding steroid dienone is 1. The molecule has 0 aliphatic heterocycles. The molecule has 0 aliphatic carbocycles. The molecular weight excluding hydrogens is 257 g/mol. The fraction of sp³-hybridized carbons (Fsp3) is 0.556. The quantitative estimate of drug-likeness (QED) is 0.204. The SMILES string of the molecule is CCOC(=O)C(O)=C(C#N)S(=O)(=O)C(C)C.[H-].[Na+]. The number of nitriles is 1. The molecule has 0 amide bonds. The Kier molecular flexibility index (Phi) is 8.53. The molecule has 0 aromatic heterocycles. The van der Waals surface area contributed by atoms with Crippen molar-refractivity contribution in [2.45, 2.75) is 26.0 Å². The molecule has 0 atom stereocenters. The summed E-state index contributed by atoms with van der Waals surface area (Å²) in [7, 11) is -3.98. The third-order valence-corrected chi connectivity index (χ3v) is 3.79. The van der Waals surface area contributed by atoms with Crippen molar-refractivity contribution in [2.24, 2.45) is 0 Å². The second kappa shape index (κ2) is 7.71. The summed E-state index contributed by atoms with van der Waals surface area (Å²) in [5.74, 6) is -2.39. The van der Waals surface area contributed by atoms with Crippen LogP contribution in [0.25, 0.3) is 0 Å². The zero-order valence-corrected chi connectivity index (χ0v) is 13.0. The number of hydrogen-bond acceptors (Lipinski definition) is 6. The number of carbonyl (C=O) groups excluding carboxylic acids is 1. The van der Waals surface area contributed by atoms with Crippen LogP contribution in [0.4, 0.5) is 0 Å². The molecule has 0 heterocycles. The summed E-state index contributed by atoms with van der Waals surface area (Å²) in [5.41, 5.74) is 0. The molecule has 6 nitrogen and oxygen atoms in total. The number of carbonyl (C=O) groups is 1. The van der Waals surface area contributed by atoms with Crippen molar-refractivity contribution < 1.29 is 54.0 Å². The molecule has 0 bridgehead atoms. The first-order valence-corrected chi connectivity index (χ1v) is 6.08. The second-order valence-corrected chi connectivity index (χ2v) is 5.54. The Hall–Kier alpha value is -0.550. The molecule has 17 heavy (non-hydrogen) atoms. The average molecular weight is 271 g/mol. The molecule has 0 aliphatic rings. The largest absolute Gasteiger partial charge is 1.00 e. The van der Waals surface area contributed by atoms with Crippen LogP contribution < -0.4 is 29.6 Å². The van der Waals surface area contributed by atoms with Gasteiger partial charge in [0, 0.05) is 0 Å². The number of sulfone groups is 1. The van der Waals surface area contributed by atoms with E-state index in [0.29, 0.717) is 0 Å². The predicted molar refractivity (Wildman–Crippen MR) is 57.1 cm³/mol. The average Bonchev–Trinajstić information content (AvgIpc) is 2.18. The van der Waals surface area contributed by atoms with Gasteiger partial charge < -0.3 is 11.3 Å². The number of hydrogen-bond donors (Lipinski definition) is 1. The van der Waals surface area contributed by atoms with Crippen LogP contribution in [0.3, 0.4) is 0 Å². The summed E-state index contributed by atoms with van der Waals surface area (Å²) in [4.78, 5) is 10.1. The molecule has 0 rings (SSSR count). The van der Waals surface area contributed by atoms with Crippen LogP contribution in [0, 0.1) is 11.3 Å². The maximum atomic E-state index is 11.6. The Labute approximate surface area is 124 Å². The van der Waals surface area contributed by atoms with E-state index in [0.717, 1.165) is 0 Å². The van der Waals surface area contributed by atoms with Gasteiger partial charge in [0.05, 0.1) is 11.9 Å². The maximum Gasteiger partial charge on any atom is 1.00 e. The van der Waals surface area contributed by atoms with Crippen molar-refractivity contribution in [3.8, 4) is 6.07 Å². The van der Waals surface area contributed by atoms with Gasteiger partial charge in [0.15, 0.2) is 14.7 Å². The first-order chi connectivity index (χ1) is 7.28. The normalized spacial score (nSPS) is 12.2. The van der Waals surface area contributed by atoms with Gasteiger partial charge in [-0.1, -0.05) is 0 Å². The van der Waals surface area contributed by atoms with Gasteiger partial charge in [-0.25, -0.2) is 13.2 Å². The van der Waals surface area contributed by atoms with E-state index in [4.69, 9.17) is 5.26 Å². The molecule has 0 aromatic carbocycles. The van der Waals surface area contributed by atoms with E-state index < -0.39 is 31.7 Å². The molecule has 0 saturated heterocycles. The first-order valence-electron chi connectivity index (χ1n) is 4.53. The molecule has 92 valence electrons. The summed E-state index contributed by atoms with van der Waals surface area (Å²) < 4.78 is 27.5. The first kappa shape index (κ1) is 18.8. The molecule has 0 radical (unpaired) electrons. The minimum absolute atomic E-state index is 0. The molecular formula is C9H14NNaO5S. The fourth-order valence-corrected chi connectivity index (χ4v) is 1.73. The molecule has 0 spiro atoms. The van der Waals surface area contributed by atoms with Crippen LogP contribution in [0.15, 0.2) is 10.7 Å².